The normalized spacial score (nSPS) is 11.2. The maximum absolute atomic E-state index is 11.8. The third-order valence-corrected chi connectivity index (χ3v) is 5.75. The highest BCUT2D eigenvalue weighted by Gasteiger charge is 1.99. The summed E-state index contributed by atoms with van der Waals surface area (Å²) in [5.41, 5.74) is 3.58. The van der Waals surface area contributed by atoms with E-state index in [2.05, 4.69) is 33.4 Å². The van der Waals surface area contributed by atoms with Crippen molar-refractivity contribution in [3.8, 4) is 0 Å². The van der Waals surface area contributed by atoms with Crippen molar-refractivity contribution in [2.24, 2.45) is 5.10 Å². The van der Waals surface area contributed by atoms with Gasteiger partial charge in [0.05, 0.1) is 6.21 Å². The molecule has 1 amide bonds. The predicted molar refractivity (Wildman–Crippen MR) is 129 cm³/mol. The monoisotopic (exact) mass is 464 g/mol. The summed E-state index contributed by atoms with van der Waals surface area (Å²) in [6.45, 7) is 2.28. The smallest absolute Gasteiger partial charge is 0.240 e. The zero-order valence-corrected chi connectivity index (χ0v) is 20.0. The van der Waals surface area contributed by atoms with E-state index in [1.807, 2.05) is 24.3 Å². The first-order valence-electron chi connectivity index (χ1n) is 11.8. The summed E-state index contributed by atoms with van der Waals surface area (Å²) in [7, 11) is 0. The maximum Gasteiger partial charge on any atom is 0.240 e. The zero-order chi connectivity index (χ0) is 21.0. The van der Waals surface area contributed by atoms with Crippen molar-refractivity contribution in [3.05, 3.63) is 34.3 Å². The van der Waals surface area contributed by atoms with E-state index in [0.29, 0.717) is 6.42 Å². The minimum atomic E-state index is 0.00550. The van der Waals surface area contributed by atoms with Gasteiger partial charge in [0, 0.05) is 10.9 Å². The van der Waals surface area contributed by atoms with Crippen LogP contribution in [0, 0.1) is 0 Å². The molecule has 0 bridgehead atoms. The van der Waals surface area contributed by atoms with Gasteiger partial charge in [0.15, 0.2) is 0 Å². The van der Waals surface area contributed by atoms with Crippen molar-refractivity contribution in [1.82, 2.24) is 5.43 Å². The molecule has 0 aliphatic heterocycles. The largest absolute Gasteiger partial charge is 0.273 e. The van der Waals surface area contributed by atoms with Crippen LogP contribution in [-0.4, -0.2) is 12.1 Å². The molecule has 4 heteroatoms. The van der Waals surface area contributed by atoms with Crippen molar-refractivity contribution in [2.45, 2.75) is 110 Å². The fourth-order valence-electron chi connectivity index (χ4n) is 3.48. The molecule has 0 saturated carbocycles. The van der Waals surface area contributed by atoms with Crippen LogP contribution in [0.4, 0.5) is 0 Å². The Kier molecular flexibility index (Phi) is 16.8. The number of nitrogens with one attached hydrogen (secondary N) is 1. The van der Waals surface area contributed by atoms with Crippen LogP contribution in [0.5, 0.6) is 0 Å². The number of nitrogens with zero attached hydrogens (tertiary/aromatic N) is 1. The Balaban J connectivity index is 1.84. The Morgan fingerprint density at radius 2 is 1.38 bits per heavy atom. The van der Waals surface area contributed by atoms with E-state index in [9.17, 15) is 4.79 Å². The molecular formula is C25H41BrN2O. The number of hydrogen-bond donors (Lipinski definition) is 1. The number of carbonyl (C=O) groups excluding carboxylic acids is 1. The van der Waals surface area contributed by atoms with Crippen LogP contribution in [0.2, 0.25) is 0 Å². The molecule has 0 unspecified atom stereocenters. The molecule has 0 aliphatic rings. The van der Waals surface area contributed by atoms with Crippen molar-refractivity contribution in [1.29, 1.82) is 0 Å². The molecule has 29 heavy (non-hydrogen) atoms. The number of hydrazone groups is 1. The van der Waals surface area contributed by atoms with Gasteiger partial charge in [-0.3, -0.25) is 4.79 Å². The van der Waals surface area contributed by atoms with Gasteiger partial charge in [-0.1, -0.05) is 125 Å². The summed E-state index contributed by atoms with van der Waals surface area (Å²) < 4.78 is 1.01. The zero-order valence-electron chi connectivity index (χ0n) is 18.4. The highest BCUT2D eigenvalue weighted by atomic mass is 79.9. The highest BCUT2D eigenvalue weighted by molar-refractivity contribution is 9.10. The third-order valence-electron chi connectivity index (χ3n) is 5.26. The number of unbranched alkanes of at least 4 members (excludes halogenated alkanes) is 14. The molecule has 0 radical (unpaired) electrons. The van der Waals surface area contributed by atoms with Gasteiger partial charge in [-0.05, 0) is 24.1 Å². The predicted octanol–water partition coefficient (Wildman–Crippen LogP) is 8.16. The first-order valence-corrected chi connectivity index (χ1v) is 12.6. The lowest BCUT2D eigenvalue weighted by Crippen LogP contribution is -2.16. The minimum absolute atomic E-state index is 0.00550. The molecule has 1 aromatic carbocycles. The van der Waals surface area contributed by atoms with Gasteiger partial charge in [-0.25, -0.2) is 5.43 Å². The minimum Gasteiger partial charge on any atom is -0.273 e. The molecule has 1 rings (SSSR count). The third kappa shape index (κ3) is 16.3. The number of halogens is 1. The summed E-state index contributed by atoms with van der Waals surface area (Å²) in [4.78, 5) is 11.8. The summed E-state index contributed by atoms with van der Waals surface area (Å²) in [6.07, 6.45) is 22.3. The van der Waals surface area contributed by atoms with E-state index in [4.69, 9.17) is 0 Å². The van der Waals surface area contributed by atoms with Gasteiger partial charge in [0.25, 0.3) is 0 Å². The Morgan fingerprint density at radius 3 is 1.90 bits per heavy atom. The van der Waals surface area contributed by atoms with E-state index in [1.165, 1.54) is 83.5 Å². The van der Waals surface area contributed by atoms with Gasteiger partial charge >= 0.3 is 0 Å². The molecule has 0 saturated heterocycles. The summed E-state index contributed by atoms with van der Waals surface area (Å²) in [5.74, 6) is 0.00550. The van der Waals surface area contributed by atoms with Gasteiger partial charge in [0.1, 0.15) is 0 Å². The quantitative estimate of drug-likeness (QED) is 0.133. The number of amides is 1. The van der Waals surface area contributed by atoms with Gasteiger partial charge < -0.3 is 0 Å². The summed E-state index contributed by atoms with van der Waals surface area (Å²) >= 11 is 3.42. The van der Waals surface area contributed by atoms with Crippen molar-refractivity contribution < 1.29 is 4.79 Å². The van der Waals surface area contributed by atoms with Crippen molar-refractivity contribution in [3.63, 3.8) is 0 Å². The van der Waals surface area contributed by atoms with Crippen molar-refractivity contribution >= 4 is 28.1 Å². The van der Waals surface area contributed by atoms with Gasteiger partial charge in [-0.2, -0.15) is 5.10 Å². The number of benzene rings is 1. The Morgan fingerprint density at radius 1 is 0.862 bits per heavy atom. The molecule has 0 fully saturated rings. The fraction of sp³-hybridized carbons (Fsp3) is 0.680. The summed E-state index contributed by atoms with van der Waals surface area (Å²) in [5, 5.41) is 4.03. The molecular weight excluding hydrogens is 424 g/mol. The average molecular weight is 466 g/mol. The number of carbonyl (C=O) groups is 1. The Bertz CT molecular complexity index is 560. The number of rotatable bonds is 18. The lowest BCUT2D eigenvalue weighted by atomic mass is 10.0. The van der Waals surface area contributed by atoms with E-state index in [0.717, 1.165) is 22.9 Å². The number of hydrogen-bond acceptors (Lipinski definition) is 2. The molecule has 0 aliphatic carbocycles. The van der Waals surface area contributed by atoms with E-state index in [-0.39, 0.29) is 5.91 Å². The molecule has 0 spiro atoms. The van der Waals surface area contributed by atoms with Crippen LogP contribution in [0.25, 0.3) is 0 Å². The van der Waals surface area contributed by atoms with Gasteiger partial charge in [0.2, 0.25) is 5.91 Å². The first kappa shape index (κ1) is 25.9. The van der Waals surface area contributed by atoms with E-state index in [1.54, 1.807) is 6.21 Å². The standard InChI is InChI=1S/C25H41BrN2O/c1-2-3-4-5-6-7-8-9-10-11-12-13-14-15-16-20-25(29)28-27-22-23-18-17-19-24(26)21-23/h17-19,21-22H,2-16,20H2,1H3,(H,28,29). The molecule has 3 nitrogen and oxygen atoms in total. The van der Waals surface area contributed by atoms with E-state index < -0.39 is 0 Å². The Hall–Kier alpha value is -1.16. The SMILES string of the molecule is CCCCCCCCCCCCCCCCCC(=O)NN=Cc1cccc(Br)c1. The maximum atomic E-state index is 11.8. The van der Waals surface area contributed by atoms with Crippen LogP contribution < -0.4 is 5.43 Å². The fourth-order valence-corrected chi connectivity index (χ4v) is 3.90. The first-order chi connectivity index (χ1) is 14.2. The highest BCUT2D eigenvalue weighted by Crippen LogP contribution is 2.14. The Labute approximate surface area is 187 Å². The second-order valence-corrected chi connectivity index (χ2v) is 8.96. The molecule has 0 aromatic heterocycles. The van der Waals surface area contributed by atoms with Crippen LogP contribution in [0.1, 0.15) is 115 Å². The lowest BCUT2D eigenvalue weighted by molar-refractivity contribution is -0.121. The van der Waals surface area contributed by atoms with Crippen LogP contribution in [0.15, 0.2) is 33.8 Å². The van der Waals surface area contributed by atoms with Gasteiger partial charge in [-0.15, -0.1) is 0 Å². The molecule has 1 aromatic rings. The molecule has 1 N–H and O–H groups in total. The molecule has 164 valence electrons. The molecule has 0 atom stereocenters. The van der Waals surface area contributed by atoms with Crippen molar-refractivity contribution in [2.75, 3.05) is 0 Å². The summed E-state index contributed by atoms with van der Waals surface area (Å²) in [6, 6.07) is 7.83. The molecule has 0 heterocycles. The average Bonchev–Trinajstić information content (AvgIpc) is 2.71. The topological polar surface area (TPSA) is 41.5 Å². The van der Waals surface area contributed by atoms with Crippen LogP contribution in [-0.2, 0) is 4.79 Å². The van der Waals surface area contributed by atoms with Crippen LogP contribution >= 0.6 is 15.9 Å². The van der Waals surface area contributed by atoms with Crippen LogP contribution in [0.3, 0.4) is 0 Å². The second-order valence-electron chi connectivity index (χ2n) is 8.05. The van der Waals surface area contributed by atoms with E-state index >= 15 is 0 Å². The lowest BCUT2D eigenvalue weighted by Gasteiger charge is -2.03. The second kappa shape index (κ2) is 18.8.